The quantitative estimate of drug-likeness (QED) is 0.379. The van der Waals surface area contributed by atoms with Crippen LogP contribution in [0.2, 0.25) is 0 Å². The standard InChI is InChI=1S/C27H30N4O3/c1-6-30-16-23(25(29-30)27(33)34-17(2)3)28-26(32)21-12-13-24-22(14-21)18(4)19(5)31(24)15-20-10-8-7-9-11-20/h7-14,16-17H,6,15H2,1-5H3,(H,28,32). The van der Waals surface area contributed by atoms with Crippen molar-refractivity contribution < 1.29 is 14.3 Å². The van der Waals surface area contributed by atoms with E-state index < -0.39 is 5.97 Å². The minimum Gasteiger partial charge on any atom is -0.458 e. The molecule has 1 N–H and O–H groups in total. The average Bonchev–Trinajstić information content (AvgIpc) is 3.33. The highest BCUT2D eigenvalue weighted by Crippen LogP contribution is 2.28. The largest absolute Gasteiger partial charge is 0.458 e. The number of carbonyl (C=O) groups excluding carboxylic acids is 2. The Morgan fingerprint density at radius 2 is 1.82 bits per heavy atom. The molecule has 0 saturated heterocycles. The SMILES string of the molecule is CCn1cc(NC(=O)c2ccc3c(c2)c(C)c(C)n3Cc2ccccc2)c(C(=O)OC(C)C)n1. The van der Waals surface area contributed by atoms with Crippen molar-refractivity contribution in [2.45, 2.75) is 53.8 Å². The van der Waals surface area contributed by atoms with Gasteiger partial charge < -0.3 is 14.6 Å². The number of nitrogens with zero attached hydrogens (tertiary/aromatic N) is 3. The smallest absolute Gasteiger partial charge is 0.361 e. The summed E-state index contributed by atoms with van der Waals surface area (Å²) in [4.78, 5) is 25.6. The molecule has 2 aromatic heterocycles. The number of aryl methyl sites for hydroxylation is 2. The predicted octanol–water partition coefficient (Wildman–Crippen LogP) is 5.34. The molecule has 0 bridgehead atoms. The molecule has 4 aromatic rings. The lowest BCUT2D eigenvalue weighted by molar-refractivity contribution is 0.0371. The van der Waals surface area contributed by atoms with E-state index in [0.717, 1.165) is 23.0 Å². The number of amides is 1. The van der Waals surface area contributed by atoms with Crippen molar-refractivity contribution in [1.82, 2.24) is 14.3 Å². The minimum atomic E-state index is -0.558. The van der Waals surface area contributed by atoms with Crippen LogP contribution in [-0.4, -0.2) is 32.3 Å². The lowest BCUT2D eigenvalue weighted by Crippen LogP contribution is -2.17. The highest BCUT2D eigenvalue weighted by atomic mass is 16.5. The molecule has 2 heterocycles. The normalized spacial score (nSPS) is 11.2. The zero-order valence-corrected chi connectivity index (χ0v) is 20.3. The Bertz CT molecular complexity index is 1350. The van der Waals surface area contributed by atoms with Gasteiger partial charge in [0.25, 0.3) is 5.91 Å². The van der Waals surface area contributed by atoms with E-state index in [2.05, 4.69) is 41.0 Å². The molecule has 0 atom stereocenters. The second-order valence-corrected chi connectivity index (χ2v) is 8.67. The molecule has 7 heteroatoms. The topological polar surface area (TPSA) is 78.2 Å². The molecule has 2 aromatic carbocycles. The van der Waals surface area contributed by atoms with Crippen LogP contribution in [0, 0.1) is 13.8 Å². The Hall–Kier alpha value is -3.87. The third-order valence-electron chi connectivity index (χ3n) is 5.95. The fourth-order valence-electron chi connectivity index (χ4n) is 4.05. The summed E-state index contributed by atoms with van der Waals surface area (Å²) < 4.78 is 9.17. The maximum absolute atomic E-state index is 13.1. The highest BCUT2D eigenvalue weighted by molar-refractivity contribution is 6.09. The lowest BCUT2D eigenvalue weighted by atomic mass is 10.1. The summed E-state index contributed by atoms with van der Waals surface area (Å²) in [6, 6.07) is 16.0. The molecule has 7 nitrogen and oxygen atoms in total. The molecular weight excluding hydrogens is 428 g/mol. The Morgan fingerprint density at radius 1 is 1.09 bits per heavy atom. The van der Waals surface area contributed by atoms with E-state index in [9.17, 15) is 9.59 Å². The van der Waals surface area contributed by atoms with Gasteiger partial charge in [0.1, 0.15) is 0 Å². The summed E-state index contributed by atoms with van der Waals surface area (Å²) >= 11 is 0. The van der Waals surface area contributed by atoms with E-state index in [4.69, 9.17) is 4.74 Å². The van der Waals surface area contributed by atoms with Crippen molar-refractivity contribution in [2.24, 2.45) is 0 Å². The molecule has 0 spiro atoms. The minimum absolute atomic E-state index is 0.103. The lowest BCUT2D eigenvalue weighted by Gasteiger charge is -2.10. The molecule has 4 rings (SSSR count). The first-order valence-electron chi connectivity index (χ1n) is 11.5. The van der Waals surface area contributed by atoms with Crippen LogP contribution in [0.5, 0.6) is 0 Å². The van der Waals surface area contributed by atoms with Crippen LogP contribution in [0.25, 0.3) is 10.9 Å². The van der Waals surface area contributed by atoms with Crippen LogP contribution in [0.4, 0.5) is 5.69 Å². The van der Waals surface area contributed by atoms with Crippen molar-refractivity contribution in [3.8, 4) is 0 Å². The van der Waals surface area contributed by atoms with Gasteiger partial charge in [0.05, 0.1) is 11.8 Å². The molecule has 0 unspecified atom stereocenters. The molecule has 0 aliphatic heterocycles. The van der Waals surface area contributed by atoms with E-state index in [-0.39, 0.29) is 17.7 Å². The second-order valence-electron chi connectivity index (χ2n) is 8.67. The summed E-state index contributed by atoms with van der Waals surface area (Å²) in [7, 11) is 0. The number of carbonyl (C=O) groups is 2. The van der Waals surface area contributed by atoms with E-state index in [1.54, 1.807) is 24.7 Å². The zero-order valence-electron chi connectivity index (χ0n) is 20.3. The monoisotopic (exact) mass is 458 g/mol. The van der Waals surface area contributed by atoms with Gasteiger partial charge in [0.2, 0.25) is 0 Å². The van der Waals surface area contributed by atoms with Gasteiger partial charge in [-0.1, -0.05) is 30.3 Å². The molecule has 0 aliphatic carbocycles. The van der Waals surface area contributed by atoms with Crippen LogP contribution in [0.3, 0.4) is 0 Å². The number of fused-ring (bicyclic) bond motifs is 1. The maximum atomic E-state index is 13.1. The first-order chi connectivity index (χ1) is 16.3. The number of nitrogens with one attached hydrogen (secondary N) is 1. The number of rotatable bonds is 7. The summed E-state index contributed by atoms with van der Waals surface area (Å²) in [6.45, 7) is 11.0. The van der Waals surface area contributed by atoms with Gasteiger partial charge in [0, 0.05) is 41.4 Å². The molecule has 0 fully saturated rings. The van der Waals surface area contributed by atoms with Gasteiger partial charge in [-0.15, -0.1) is 0 Å². The first-order valence-corrected chi connectivity index (χ1v) is 11.5. The molecule has 0 saturated carbocycles. The van der Waals surface area contributed by atoms with Gasteiger partial charge >= 0.3 is 5.97 Å². The number of benzene rings is 2. The molecule has 176 valence electrons. The summed E-state index contributed by atoms with van der Waals surface area (Å²) in [5, 5.41) is 8.15. The van der Waals surface area contributed by atoms with Crippen molar-refractivity contribution in [2.75, 3.05) is 5.32 Å². The number of anilines is 1. The van der Waals surface area contributed by atoms with E-state index in [1.165, 1.54) is 11.3 Å². The van der Waals surface area contributed by atoms with Gasteiger partial charge in [-0.3, -0.25) is 9.48 Å². The number of hydrogen-bond donors (Lipinski definition) is 1. The van der Waals surface area contributed by atoms with Crippen molar-refractivity contribution >= 4 is 28.5 Å². The predicted molar refractivity (Wildman–Crippen MR) is 133 cm³/mol. The molecule has 0 aliphatic rings. The Balaban J connectivity index is 1.64. The van der Waals surface area contributed by atoms with E-state index in [0.29, 0.717) is 17.8 Å². The maximum Gasteiger partial charge on any atom is 0.361 e. The van der Waals surface area contributed by atoms with Crippen LogP contribution in [0.1, 0.15) is 58.4 Å². The first kappa shape index (κ1) is 23.3. The van der Waals surface area contributed by atoms with Crippen molar-refractivity contribution in [3.05, 3.63) is 82.8 Å². The van der Waals surface area contributed by atoms with Crippen molar-refractivity contribution in [1.29, 1.82) is 0 Å². The fourth-order valence-corrected chi connectivity index (χ4v) is 4.05. The van der Waals surface area contributed by atoms with Gasteiger partial charge in [-0.2, -0.15) is 5.10 Å². The average molecular weight is 459 g/mol. The molecule has 34 heavy (non-hydrogen) atoms. The molecule has 0 radical (unpaired) electrons. The van der Waals surface area contributed by atoms with Crippen molar-refractivity contribution in [3.63, 3.8) is 0 Å². The summed E-state index contributed by atoms with van der Waals surface area (Å²) in [5.41, 5.74) is 5.56. The van der Waals surface area contributed by atoms with Crippen LogP contribution >= 0.6 is 0 Å². The summed E-state index contributed by atoms with van der Waals surface area (Å²) in [6.07, 6.45) is 1.37. The van der Waals surface area contributed by atoms with Gasteiger partial charge in [0.15, 0.2) is 5.69 Å². The van der Waals surface area contributed by atoms with Gasteiger partial charge in [-0.05, 0) is 63.9 Å². The highest BCUT2D eigenvalue weighted by Gasteiger charge is 2.22. The molecular formula is C27H30N4O3. The Morgan fingerprint density at radius 3 is 2.50 bits per heavy atom. The van der Waals surface area contributed by atoms with Crippen LogP contribution in [0.15, 0.2) is 54.7 Å². The number of ether oxygens (including phenoxy) is 1. The zero-order chi connectivity index (χ0) is 24.4. The number of hydrogen-bond acceptors (Lipinski definition) is 4. The fraction of sp³-hybridized carbons (Fsp3) is 0.296. The molecule has 1 amide bonds. The third kappa shape index (κ3) is 4.59. The summed E-state index contributed by atoms with van der Waals surface area (Å²) in [5.74, 6) is -0.860. The Kier molecular flexibility index (Phi) is 6.54. The Labute approximate surface area is 199 Å². The van der Waals surface area contributed by atoms with E-state index in [1.807, 2.05) is 43.3 Å². The second kappa shape index (κ2) is 9.55. The third-order valence-corrected chi connectivity index (χ3v) is 5.95. The van der Waals surface area contributed by atoms with Gasteiger partial charge in [-0.25, -0.2) is 4.79 Å². The van der Waals surface area contributed by atoms with E-state index >= 15 is 0 Å². The van der Waals surface area contributed by atoms with Crippen LogP contribution < -0.4 is 5.32 Å². The number of esters is 1. The van der Waals surface area contributed by atoms with Crippen LogP contribution in [-0.2, 0) is 17.8 Å². The number of aromatic nitrogens is 3.